The molecule has 7 nitrogen and oxygen atoms in total. The van der Waals surface area contributed by atoms with Crippen LogP contribution in [0.2, 0.25) is 0 Å². The molecule has 3 heterocycles. The predicted octanol–water partition coefficient (Wildman–Crippen LogP) is 2.78. The third-order valence-corrected chi connectivity index (χ3v) is 5.26. The third-order valence-electron chi connectivity index (χ3n) is 5.26. The van der Waals surface area contributed by atoms with Crippen molar-refractivity contribution < 1.29 is 9.53 Å². The molecule has 0 saturated carbocycles. The van der Waals surface area contributed by atoms with Crippen LogP contribution in [0.15, 0.2) is 30.5 Å². The Morgan fingerprint density at radius 3 is 2.76 bits per heavy atom. The van der Waals surface area contributed by atoms with E-state index in [-0.39, 0.29) is 5.91 Å². The Morgan fingerprint density at radius 2 is 2.03 bits per heavy atom. The molecular weight excluding hydrogens is 366 g/mol. The summed E-state index contributed by atoms with van der Waals surface area (Å²) in [5.74, 6) is 0.528. The Morgan fingerprint density at radius 1 is 1.24 bits per heavy atom. The van der Waals surface area contributed by atoms with Crippen molar-refractivity contribution in [2.75, 3.05) is 26.2 Å². The Hall–Kier alpha value is -2.67. The highest BCUT2D eigenvalue weighted by Gasteiger charge is 2.16. The van der Waals surface area contributed by atoms with Gasteiger partial charge in [0, 0.05) is 38.1 Å². The van der Waals surface area contributed by atoms with Crippen LogP contribution in [0.5, 0.6) is 5.88 Å². The quantitative estimate of drug-likeness (QED) is 0.694. The fraction of sp³-hybridized carbons (Fsp3) is 0.500. The number of nitrogens with one attached hydrogen (secondary N) is 1. The minimum absolute atomic E-state index is 0.106. The fourth-order valence-corrected chi connectivity index (χ4v) is 3.63. The Bertz CT molecular complexity index is 853. The fourth-order valence-electron chi connectivity index (χ4n) is 3.63. The Kier molecular flexibility index (Phi) is 7.41. The number of hydrogen-bond acceptors (Lipinski definition) is 5. The minimum atomic E-state index is -0.106. The molecule has 1 saturated heterocycles. The van der Waals surface area contributed by atoms with Crippen LogP contribution in [0.4, 0.5) is 0 Å². The van der Waals surface area contributed by atoms with Gasteiger partial charge in [0.2, 0.25) is 5.88 Å². The van der Waals surface area contributed by atoms with Gasteiger partial charge < -0.3 is 10.1 Å². The van der Waals surface area contributed by atoms with E-state index in [1.807, 2.05) is 39.1 Å². The summed E-state index contributed by atoms with van der Waals surface area (Å²) in [4.78, 5) is 19.1. The van der Waals surface area contributed by atoms with Gasteiger partial charge in [-0.05, 0) is 57.5 Å². The van der Waals surface area contributed by atoms with Crippen molar-refractivity contribution >= 4 is 5.91 Å². The lowest BCUT2D eigenvalue weighted by molar-refractivity contribution is 0.0956. The van der Waals surface area contributed by atoms with E-state index in [1.54, 1.807) is 10.9 Å². The summed E-state index contributed by atoms with van der Waals surface area (Å²) in [6.45, 7) is 7.90. The summed E-state index contributed by atoms with van der Waals surface area (Å²) < 4.78 is 7.45. The molecule has 2 aromatic rings. The third kappa shape index (κ3) is 5.90. The number of piperidine rings is 1. The molecule has 29 heavy (non-hydrogen) atoms. The van der Waals surface area contributed by atoms with E-state index in [0.717, 1.165) is 17.9 Å². The highest BCUT2D eigenvalue weighted by Crippen LogP contribution is 2.15. The number of likely N-dealkylation sites (tertiary alicyclic amines) is 1. The second-order valence-electron chi connectivity index (χ2n) is 7.50. The SMILES string of the molecule is Cc1nn(C)c(C)c1C(=O)NC/C=C\COc1cc(CN2CCCCC2)ccn1. The van der Waals surface area contributed by atoms with Crippen LogP contribution in [0, 0.1) is 13.8 Å². The van der Waals surface area contributed by atoms with Crippen LogP contribution in [0.3, 0.4) is 0 Å². The van der Waals surface area contributed by atoms with Crippen molar-refractivity contribution in [3.05, 3.63) is 53.0 Å². The van der Waals surface area contributed by atoms with Crippen molar-refractivity contribution in [2.45, 2.75) is 39.7 Å². The van der Waals surface area contributed by atoms with Crippen LogP contribution >= 0.6 is 0 Å². The molecular formula is C22H31N5O2. The predicted molar refractivity (Wildman–Crippen MR) is 113 cm³/mol. The van der Waals surface area contributed by atoms with Crippen LogP contribution in [-0.4, -0.2) is 51.8 Å². The molecule has 0 aromatic carbocycles. The zero-order valence-corrected chi connectivity index (χ0v) is 17.6. The lowest BCUT2D eigenvalue weighted by atomic mass is 10.1. The first kappa shape index (κ1) is 21.0. The molecule has 0 radical (unpaired) electrons. The summed E-state index contributed by atoms with van der Waals surface area (Å²) in [5, 5.41) is 7.17. The van der Waals surface area contributed by atoms with Crippen molar-refractivity contribution in [3.63, 3.8) is 0 Å². The van der Waals surface area contributed by atoms with Gasteiger partial charge in [0.25, 0.3) is 5.91 Å². The lowest BCUT2D eigenvalue weighted by Crippen LogP contribution is -2.29. The number of pyridine rings is 1. The monoisotopic (exact) mass is 397 g/mol. The summed E-state index contributed by atoms with van der Waals surface area (Å²) in [7, 11) is 1.84. The summed E-state index contributed by atoms with van der Waals surface area (Å²) in [6, 6.07) is 4.06. The van der Waals surface area contributed by atoms with Gasteiger partial charge in [0.15, 0.2) is 0 Å². The Balaban J connectivity index is 1.41. The molecule has 0 unspecified atom stereocenters. The number of carbonyl (C=O) groups excluding carboxylic acids is 1. The molecule has 1 amide bonds. The average Bonchev–Trinajstić information content (AvgIpc) is 2.97. The first-order valence-corrected chi connectivity index (χ1v) is 10.3. The number of amides is 1. The Labute approximate surface area is 172 Å². The molecule has 1 aliphatic rings. The molecule has 0 atom stereocenters. The number of ether oxygens (including phenoxy) is 1. The maximum absolute atomic E-state index is 12.3. The van der Waals surface area contributed by atoms with E-state index in [0.29, 0.717) is 24.6 Å². The first-order valence-electron chi connectivity index (χ1n) is 10.3. The highest BCUT2D eigenvalue weighted by molar-refractivity contribution is 5.96. The van der Waals surface area contributed by atoms with Gasteiger partial charge >= 0.3 is 0 Å². The summed E-state index contributed by atoms with van der Waals surface area (Å²) in [5.41, 5.74) is 3.48. The van der Waals surface area contributed by atoms with Crippen LogP contribution in [0.25, 0.3) is 0 Å². The van der Waals surface area contributed by atoms with Crippen LogP contribution in [0.1, 0.15) is 46.6 Å². The van der Waals surface area contributed by atoms with Crippen molar-refractivity contribution in [2.24, 2.45) is 7.05 Å². The molecule has 7 heteroatoms. The zero-order chi connectivity index (χ0) is 20.6. The van der Waals surface area contributed by atoms with E-state index < -0.39 is 0 Å². The normalized spacial score (nSPS) is 15.0. The van der Waals surface area contributed by atoms with E-state index in [4.69, 9.17) is 4.74 Å². The number of aryl methyl sites for hydroxylation is 2. The van der Waals surface area contributed by atoms with Crippen molar-refractivity contribution in [1.82, 2.24) is 25.0 Å². The summed E-state index contributed by atoms with van der Waals surface area (Å²) in [6.07, 6.45) is 9.50. The first-order chi connectivity index (χ1) is 14.0. The topological polar surface area (TPSA) is 72.3 Å². The zero-order valence-electron chi connectivity index (χ0n) is 17.6. The van der Waals surface area contributed by atoms with Gasteiger partial charge in [-0.2, -0.15) is 5.10 Å². The van der Waals surface area contributed by atoms with Crippen LogP contribution in [-0.2, 0) is 13.6 Å². The molecule has 3 rings (SSSR count). The average molecular weight is 398 g/mol. The van der Waals surface area contributed by atoms with Gasteiger partial charge in [0.05, 0.1) is 11.3 Å². The van der Waals surface area contributed by atoms with Gasteiger partial charge in [-0.3, -0.25) is 14.4 Å². The van der Waals surface area contributed by atoms with Crippen molar-refractivity contribution in [1.29, 1.82) is 0 Å². The smallest absolute Gasteiger partial charge is 0.255 e. The van der Waals surface area contributed by atoms with Gasteiger partial charge in [0.1, 0.15) is 6.61 Å². The number of aromatic nitrogens is 3. The maximum Gasteiger partial charge on any atom is 0.255 e. The molecule has 2 aromatic heterocycles. The standard InChI is InChI=1S/C22H31N5O2/c1-17-21(18(2)26(3)25-17)22(28)24-10-5-8-14-29-20-15-19(9-11-23-20)16-27-12-6-4-7-13-27/h5,8-9,11,15H,4,6-7,10,12-14,16H2,1-3H3,(H,24,28)/b8-5-. The molecule has 1 fully saturated rings. The highest BCUT2D eigenvalue weighted by atomic mass is 16.5. The van der Waals surface area contributed by atoms with Gasteiger partial charge in [-0.1, -0.05) is 12.5 Å². The number of carbonyl (C=O) groups is 1. The number of hydrogen-bond donors (Lipinski definition) is 1. The van der Waals surface area contributed by atoms with Gasteiger partial charge in [-0.25, -0.2) is 4.98 Å². The molecule has 0 aliphatic carbocycles. The van der Waals surface area contributed by atoms with Crippen LogP contribution < -0.4 is 10.1 Å². The number of nitrogens with zero attached hydrogens (tertiary/aromatic N) is 4. The molecule has 0 bridgehead atoms. The molecule has 0 spiro atoms. The lowest BCUT2D eigenvalue weighted by Gasteiger charge is -2.26. The second-order valence-corrected chi connectivity index (χ2v) is 7.50. The summed E-state index contributed by atoms with van der Waals surface area (Å²) >= 11 is 0. The van der Waals surface area contributed by atoms with E-state index in [9.17, 15) is 4.79 Å². The van der Waals surface area contributed by atoms with Gasteiger partial charge in [-0.15, -0.1) is 0 Å². The molecule has 1 N–H and O–H groups in total. The maximum atomic E-state index is 12.3. The molecule has 1 aliphatic heterocycles. The largest absolute Gasteiger partial charge is 0.473 e. The second kappa shape index (κ2) is 10.2. The van der Waals surface area contributed by atoms with E-state index in [1.165, 1.54) is 37.9 Å². The van der Waals surface area contributed by atoms with E-state index in [2.05, 4.69) is 26.4 Å². The van der Waals surface area contributed by atoms with E-state index >= 15 is 0 Å². The number of rotatable bonds is 8. The van der Waals surface area contributed by atoms with Crippen molar-refractivity contribution in [3.8, 4) is 5.88 Å². The molecule has 156 valence electrons. The minimum Gasteiger partial charge on any atom is -0.473 e.